The molecule has 1 fully saturated rings. The maximum Gasteiger partial charge on any atom is 0.254 e. The Labute approximate surface area is 120 Å². The molecule has 1 N–H and O–H groups in total. The number of carbonyl (C=O) groups is 1. The lowest BCUT2D eigenvalue weighted by Gasteiger charge is -2.31. The number of benzene rings is 1. The van der Waals surface area contributed by atoms with Crippen molar-refractivity contribution in [1.82, 2.24) is 4.90 Å². The second-order valence-corrected chi connectivity index (χ2v) is 5.64. The highest BCUT2D eigenvalue weighted by molar-refractivity contribution is 14.1. The average molecular weight is 358 g/mol. The Bertz CT molecular complexity index is 488. The minimum atomic E-state index is 0.0591. The van der Waals surface area contributed by atoms with Gasteiger partial charge in [0.25, 0.3) is 5.91 Å². The summed E-state index contributed by atoms with van der Waals surface area (Å²) in [7, 11) is 0. The highest BCUT2D eigenvalue weighted by Crippen LogP contribution is 2.19. The molecule has 1 unspecified atom stereocenters. The summed E-state index contributed by atoms with van der Waals surface area (Å²) in [6.45, 7) is 3.21. The molecule has 0 spiro atoms. The van der Waals surface area contributed by atoms with E-state index < -0.39 is 0 Å². The third-order valence-electron chi connectivity index (χ3n) is 3.22. The Balaban J connectivity index is 2.15. The van der Waals surface area contributed by atoms with E-state index in [1.165, 1.54) is 0 Å². The van der Waals surface area contributed by atoms with Gasteiger partial charge in [0.1, 0.15) is 0 Å². The fourth-order valence-electron chi connectivity index (χ4n) is 2.16. The van der Waals surface area contributed by atoms with Crippen LogP contribution in [0.1, 0.15) is 23.7 Å². The molecule has 1 heterocycles. The second kappa shape index (κ2) is 5.69. The van der Waals surface area contributed by atoms with Gasteiger partial charge >= 0.3 is 0 Å². The van der Waals surface area contributed by atoms with Gasteiger partial charge in [0.15, 0.2) is 0 Å². The van der Waals surface area contributed by atoms with Crippen molar-refractivity contribution in [2.75, 3.05) is 13.1 Å². The fourth-order valence-corrected chi connectivity index (χ4v) is 2.78. The lowest BCUT2D eigenvalue weighted by Crippen LogP contribution is -2.43. The Kier molecular flexibility index (Phi) is 4.21. The number of rotatable bonds is 1. The summed E-state index contributed by atoms with van der Waals surface area (Å²) in [6.07, 6.45) is 0.646. The Morgan fingerprint density at radius 1 is 1.50 bits per heavy atom. The van der Waals surface area contributed by atoms with Gasteiger partial charge in [0, 0.05) is 29.0 Å². The van der Waals surface area contributed by atoms with E-state index in [0.717, 1.165) is 14.8 Å². The van der Waals surface area contributed by atoms with Crippen molar-refractivity contribution in [2.45, 2.75) is 13.3 Å². The molecule has 1 amide bonds. The molecule has 0 aromatic heterocycles. The highest BCUT2D eigenvalue weighted by Gasteiger charge is 2.27. The molecule has 0 aliphatic carbocycles. The van der Waals surface area contributed by atoms with Crippen LogP contribution in [0.3, 0.4) is 0 Å². The normalized spacial score (nSPS) is 22.2. The molecule has 1 aromatic carbocycles. The number of oxime groups is 1. The largest absolute Gasteiger partial charge is 0.411 e. The Hall–Kier alpha value is -1.11. The molecule has 1 atom stereocenters. The van der Waals surface area contributed by atoms with Crippen LogP contribution in [0.5, 0.6) is 0 Å². The predicted octanol–water partition coefficient (Wildman–Crippen LogP) is 2.60. The molecule has 0 saturated carbocycles. The third-order valence-corrected chi connectivity index (χ3v) is 4.16. The first-order valence-corrected chi connectivity index (χ1v) is 6.96. The summed E-state index contributed by atoms with van der Waals surface area (Å²) in [5, 5.41) is 12.1. The highest BCUT2D eigenvalue weighted by atomic mass is 127. The minimum Gasteiger partial charge on any atom is -0.411 e. The number of nitrogens with zero attached hydrogens (tertiary/aromatic N) is 2. The molecule has 1 saturated heterocycles. The van der Waals surface area contributed by atoms with Crippen LogP contribution in [0.2, 0.25) is 0 Å². The van der Waals surface area contributed by atoms with E-state index in [1.54, 1.807) is 0 Å². The molecule has 0 bridgehead atoms. The lowest BCUT2D eigenvalue weighted by molar-refractivity contribution is 0.0733. The predicted molar refractivity (Wildman–Crippen MR) is 78.1 cm³/mol. The topological polar surface area (TPSA) is 52.9 Å². The monoisotopic (exact) mass is 358 g/mol. The van der Waals surface area contributed by atoms with Gasteiger partial charge in [-0.15, -0.1) is 0 Å². The van der Waals surface area contributed by atoms with Crippen LogP contribution in [0, 0.1) is 9.49 Å². The van der Waals surface area contributed by atoms with Gasteiger partial charge in [0.2, 0.25) is 0 Å². The summed E-state index contributed by atoms with van der Waals surface area (Å²) in [5.41, 5.74) is 1.52. The summed E-state index contributed by atoms with van der Waals surface area (Å²) in [4.78, 5) is 14.2. The van der Waals surface area contributed by atoms with Crippen LogP contribution in [-0.4, -0.2) is 34.8 Å². The van der Waals surface area contributed by atoms with E-state index >= 15 is 0 Å². The Morgan fingerprint density at radius 2 is 2.22 bits per heavy atom. The van der Waals surface area contributed by atoms with Crippen molar-refractivity contribution in [2.24, 2.45) is 11.1 Å². The van der Waals surface area contributed by atoms with E-state index in [2.05, 4.69) is 27.7 Å². The summed E-state index contributed by atoms with van der Waals surface area (Å²) in [6, 6.07) is 7.59. The van der Waals surface area contributed by atoms with Crippen molar-refractivity contribution >= 4 is 34.2 Å². The number of carbonyl (C=O) groups excluding carboxylic acids is 1. The Morgan fingerprint density at radius 3 is 2.83 bits per heavy atom. The average Bonchev–Trinajstić information content (AvgIpc) is 2.38. The number of piperidine rings is 1. The molecule has 1 aliphatic heterocycles. The van der Waals surface area contributed by atoms with Gasteiger partial charge in [-0.05, 0) is 34.7 Å². The van der Waals surface area contributed by atoms with Gasteiger partial charge in [-0.1, -0.05) is 24.2 Å². The fraction of sp³-hybridized carbons (Fsp3) is 0.385. The molecule has 1 aliphatic rings. The first-order valence-electron chi connectivity index (χ1n) is 5.88. The second-order valence-electron chi connectivity index (χ2n) is 4.47. The molecular weight excluding hydrogens is 343 g/mol. The number of amides is 1. The first-order chi connectivity index (χ1) is 8.63. The van der Waals surface area contributed by atoms with Crippen LogP contribution < -0.4 is 0 Å². The SMILES string of the molecule is CC1CN(C(=O)c2ccccc2I)CC/C1=N\O. The van der Waals surface area contributed by atoms with Crippen molar-refractivity contribution in [3.8, 4) is 0 Å². The van der Waals surface area contributed by atoms with Crippen LogP contribution in [0.15, 0.2) is 29.4 Å². The number of likely N-dealkylation sites (tertiary alicyclic amines) is 1. The van der Waals surface area contributed by atoms with E-state index in [0.29, 0.717) is 19.5 Å². The maximum absolute atomic E-state index is 12.4. The molecule has 5 heteroatoms. The van der Waals surface area contributed by atoms with Gasteiger partial charge < -0.3 is 10.1 Å². The van der Waals surface area contributed by atoms with Gasteiger partial charge in [0.05, 0.1) is 11.3 Å². The molecule has 2 rings (SSSR count). The number of hydrogen-bond donors (Lipinski definition) is 1. The zero-order chi connectivity index (χ0) is 13.1. The van der Waals surface area contributed by atoms with Crippen LogP contribution in [-0.2, 0) is 0 Å². The van der Waals surface area contributed by atoms with E-state index in [9.17, 15) is 4.79 Å². The summed E-state index contributed by atoms with van der Waals surface area (Å²) < 4.78 is 0.967. The minimum absolute atomic E-state index is 0.0591. The smallest absolute Gasteiger partial charge is 0.254 e. The molecule has 0 radical (unpaired) electrons. The first kappa shape index (κ1) is 13.3. The van der Waals surface area contributed by atoms with Crippen molar-refractivity contribution in [1.29, 1.82) is 0 Å². The van der Waals surface area contributed by atoms with Crippen LogP contribution in [0.4, 0.5) is 0 Å². The molecule has 96 valence electrons. The molecule has 18 heavy (non-hydrogen) atoms. The zero-order valence-corrected chi connectivity index (χ0v) is 12.3. The number of halogens is 1. The van der Waals surface area contributed by atoms with Gasteiger partial charge in [-0.2, -0.15) is 0 Å². The summed E-state index contributed by atoms with van der Waals surface area (Å²) >= 11 is 2.18. The van der Waals surface area contributed by atoms with E-state index in [-0.39, 0.29) is 11.8 Å². The van der Waals surface area contributed by atoms with Gasteiger partial charge in [-0.3, -0.25) is 4.79 Å². The molecule has 1 aromatic rings. The molecule has 4 nitrogen and oxygen atoms in total. The van der Waals surface area contributed by atoms with Crippen molar-refractivity contribution < 1.29 is 10.0 Å². The summed E-state index contributed by atoms with van der Waals surface area (Å²) in [5.74, 6) is 0.179. The number of hydrogen-bond acceptors (Lipinski definition) is 3. The van der Waals surface area contributed by atoms with E-state index in [1.807, 2.05) is 36.1 Å². The van der Waals surface area contributed by atoms with Gasteiger partial charge in [-0.25, -0.2) is 0 Å². The quantitative estimate of drug-likeness (QED) is 0.477. The van der Waals surface area contributed by atoms with E-state index in [4.69, 9.17) is 5.21 Å². The standard InChI is InChI=1S/C13H15IN2O2/c1-9-8-16(7-6-12(9)15-18)13(17)10-4-2-3-5-11(10)14/h2-5,9,18H,6-8H2,1H3/b15-12+. The molecular formula is C13H15IN2O2. The lowest BCUT2D eigenvalue weighted by atomic mass is 9.97. The van der Waals surface area contributed by atoms with Crippen LogP contribution >= 0.6 is 22.6 Å². The third kappa shape index (κ3) is 2.66. The zero-order valence-electron chi connectivity index (χ0n) is 10.1. The maximum atomic E-state index is 12.4. The van der Waals surface area contributed by atoms with Crippen LogP contribution in [0.25, 0.3) is 0 Å². The van der Waals surface area contributed by atoms with Crippen molar-refractivity contribution in [3.63, 3.8) is 0 Å². The van der Waals surface area contributed by atoms with Crippen molar-refractivity contribution in [3.05, 3.63) is 33.4 Å².